The Balaban J connectivity index is 2.95. The van der Waals surface area contributed by atoms with Crippen LogP contribution in [0.3, 0.4) is 0 Å². The number of esters is 1. The topological polar surface area (TPSA) is 52.3 Å². The predicted molar refractivity (Wildman–Crippen MR) is 54.8 cm³/mol. The molecule has 0 aliphatic carbocycles. The molecular formula is C11H13F2NO2. The molecule has 0 aliphatic rings. The van der Waals surface area contributed by atoms with Crippen LogP contribution in [0.2, 0.25) is 0 Å². The standard InChI is InChI=1S/C11H13F2NO2/c1-16-10(15)5-7(6-14)8-3-2-4-9(12)11(8)13/h2-4,7H,5-6,14H2,1H3. The zero-order valence-electron chi connectivity index (χ0n) is 8.87. The van der Waals surface area contributed by atoms with Crippen molar-refractivity contribution in [2.75, 3.05) is 13.7 Å². The fraction of sp³-hybridized carbons (Fsp3) is 0.364. The Morgan fingerprint density at radius 2 is 2.19 bits per heavy atom. The lowest BCUT2D eigenvalue weighted by Crippen LogP contribution is -2.18. The molecule has 0 amide bonds. The molecule has 1 atom stereocenters. The molecule has 1 rings (SSSR count). The molecule has 0 radical (unpaired) electrons. The first-order chi connectivity index (χ1) is 7.60. The van der Waals surface area contributed by atoms with Crippen molar-refractivity contribution in [2.45, 2.75) is 12.3 Å². The van der Waals surface area contributed by atoms with Crippen molar-refractivity contribution in [1.29, 1.82) is 0 Å². The van der Waals surface area contributed by atoms with Crippen molar-refractivity contribution >= 4 is 5.97 Å². The van der Waals surface area contributed by atoms with Crippen molar-refractivity contribution in [2.24, 2.45) is 5.73 Å². The van der Waals surface area contributed by atoms with Crippen molar-refractivity contribution in [3.63, 3.8) is 0 Å². The molecule has 88 valence electrons. The fourth-order valence-electron chi connectivity index (χ4n) is 1.44. The lowest BCUT2D eigenvalue weighted by molar-refractivity contribution is -0.141. The maximum absolute atomic E-state index is 13.4. The van der Waals surface area contributed by atoms with E-state index in [4.69, 9.17) is 5.73 Å². The number of carbonyl (C=O) groups is 1. The third-order valence-corrected chi connectivity index (χ3v) is 2.35. The van der Waals surface area contributed by atoms with Crippen LogP contribution in [0, 0.1) is 11.6 Å². The van der Waals surface area contributed by atoms with Gasteiger partial charge >= 0.3 is 5.97 Å². The summed E-state index contributed by atoms with van der Waals surface area (Å²) >= 11 is 0. The molecule has 0 aromatic heterocycles. The van der Waals surface area contributed by atoms with E-state index in [9.17, 15) is 13.6 Å². The van der Waals surface area contributed by atoms with Crippen molar-refractivity contribution in [3.8, 4) is 0 Å². The van der Waals surface area contributed by atoms with E-state index >= 15 is 0 Å². The van der Waals surface area contributed by atoms with Gasteiger partial charge in [-0.3, -0.25) is 4.79 Å². The van der Waals surface area contributed by atoms with Gasteiger partial charge in [0, 0.05) is 5.92 Å². The lowest BCUT2D eigenvalue weighted by atomic mass is 9.95. The highest BCUT2D eigenvalue weighted by Gasteiger charge is 2.20. The van der Waals surface area contributed by atoms with E-state index in [0.717, 1.165) is 6.07 Å². The first-order valence-electron chi connectivity index (χ1n) is 4.81. The maximum Gasteiger partial charge on any atom is 0.306 e. The second-order valence-electron chi connectivity index (χ2n) is 3.36. The van der Waals surface area contributed by atoms with Gasteiger partial charge < -0.3 is 10.5 Å². The molecule has 2 N–H and O–H groups in total. The molecule has 0 saturated carbocycles. The Kier molecular flexibility index (Phi) is 4.37. The minimum Gasteiger partial charge on any atom is -0.469 e. The molecule has 0 bridgehead atoms. The lowest BCUT2D eigenvalue weighted by Gasteiger charge is -2.14. The summed E-state index contributed by atoms with van der Waals surface area (Å²) in [6, 6.07) is 3.82. The number of hydrogen-bond donors (Lipinski definition) is 1. The number of rotatable bonds is 4. The number of carbonyl (C=O) groups excluding carboxylic acids is 1. The van der Waals surface area contributed by atoms with Gasteiger partial charge in [0.2, 0.25) is 0 Å². The molecule has 5 heteroatoms. The number of hydrogen-bond acceptors (Lipinski definition) is 3. The van der Waals surface area contributed by atoms with Gasteiger partial charge in [0.1, 0.15) is 0 Å². The van der Waals surface area contributed by atoms with Crippen LogP contribution in [0.15, 0.2) is 18.2 Å². The first kappa shape index (κ1) is 12.6. The van der Waals surface area contributed by atoms with E-state index in [1.165, 1.54) is 19.2 Å². The molecule has 1 aromatic carbocycles. The Hall–Kier alpha value is -1.49. The minimum absolute atomic E-state index is 0.0511. The summed E-state index contributed by atoms with van der Waals surface area (Å²) in [6.45, 7) is 0.0511. The molecule has 1 unspecified atom stereocenters. The van der Waals surface area contributed by atoms with Gasteiger partial charge in [-0.05, 0) is 18.2 Å². The van der Waals surface area contributed by atoms with Gasteiger partial charge in [0.25, 0.3) is 0 Å². The largest absolute Gasteiger partial charge is 0.469 e. The predicted octanol–water partition coefficient (Wildman–Crippen LogP) is 1.57. The molecule has 0 spiro atoms. The van der Waals surface area contributed by atoms with Crippen LogP contribution in [0.25, 0.3) is 0 Å². The summed E-state index contributed by atoms with van der Waals surface area (Å²) in [4.78, 5) is 11.1. The molecule has 0 fully saturated rings. The average molecular weight is 229 g/mol. The van der Waals surface area contributed by atoms with E-state index < -0.39 is 23.5 Å². The Labute approximate surface area is 92.2 Å². The fourth-order valence-corrected chi connectivity index (χ4v) is 1.44. The minimum atomic E-state index is -0.957. The number of ether oxygens (including phenoxy) is 1. The van der Waals surface area contributed by atoms with Crippen LogP contribution >= 0.6 is 0 Å². The van der Waals surface area contributed by atoms with E-state index in [2.05, 4.69) is 4.74 Å². The monoisotopic (exact) mass is 229 g/mol. The van der Waals surface area contributed by atoms with E-state index in [-0.39, 0.29) is 18.5 Å². The van der Waals surface area contributed by atoms with Crippen molar-refractivity contribution in [1.82, 2.24) is 0 Å². The SMILES string of the molecule is COC(=O)CC(CN)c1cccc(F)c1F. The maximum atomic E-state index is 13.4. The van der Waals surface area contributed by atoms with Gasteiger partial charge in [0.15, 0.2) is 11.6 Å². The van der Waals surface area contributed by atoms with Crippen molar-refractivity contribution < 1.29 is 18.3 Å². The zero-order valence-corrected chi connectivity index (χ0v) is 8.87. The second kappa shape index (κ2) is 5.55. The third kappa shape index (κ3) is 2.76. The van der Waals surface area contributed by atoms with Crippen LogP contribution in [-0.2, 0) is 9.53 Å². The summed E-state index contributed by atoms with van der Waals surface area (Å²) < 4.78 is 30.8. The summed E-state index contributed by atoms with van der Waals surface area (Å²) in [7, 11) is 1.23. The van der Waals surface area contributed by atoms with Gasteiger partial charge in [-0.2, -0.15) is 0 Å². The summed E-state index contributed by atoms with van der Waals surface area (Å²) in [5.41, 5.74) is 5.53. The van der Waals surface area contributed by atoms with Gasteiger partial charge in [-0.25, -0.2) is 8.78 Å². The van der Waals surface area contributed by atoms with Crippen LogP contribution in [0.4, 0.5) is 8.78 Å². The second-order valence-corrected chi connectivity index (χ2v) is 3.36. The first-order valence-corrected chi connectivity index (χ1v) is 4.81. The Morgan fingerprint density at radius 1 is 1.50 bits per heavy atom. The molecular weight excluding hydrogens is 216 g/mol. The molecule has 1 aromatic rings. The van der Waals surface area contributed by atoms with E-state index in [0.29, 0.717) is 0 Å². The van der Waals surface area contributed by atoms with Crippen molar-refractivity contribution in [3.05, 3.63) is 35.4 Å². The highest BCUT2D eigenvalue weighted by atomic mass is 19.2. The number of halogens is 2. The van der Waals surface area contributed by atoms with Gasteiger partial charge in [0.05, 0.1) is 13.5 Å². The molecule has 0 heterocycles. The quantitative estimate of drug-likeness (QED) is 0.797. The summed E-state index contributed by atoms with van der Waals surface area (Å²) in [5.74, 6) is -2.97. The smallest absolute Gasteiger partial charge is 0.306 e. The molecule has 0 saturated heterocycles. The number of benzene rings is 1. The Morgan fingerprint density at radius 3 is 2.75 bits per heavy atom. The average Bonchev–Trinajstić information content (AvgIpc) is 2.29. The van der Waals surface area contributed by atoms with Crippen LogP contribution < -0.4 is 5.73 Å². The third-order valence-electron chi connectivity index (χ3n) is 2.35. The van der Waals surface area contributed by atoms with Gasteiger partial charge in [-0.15, -0.1) is 0 Å². The highest BCUT2D eigenvalue weighted by molar-refractivity contribution is 5.70. The van der Waals surface area contributed by atoms with Crippen LogP contribution in [-0.4, -0.2) is 19.6 Å². The molecule has 0 aliphatic heterocycles. The Bertz CT molecular complexity index is 382. The zero-order chi connectivity index (χ0) is 12.1. The molecule has 16 heavy (non-hydrogen) atoms. The normalized spacial score (nSPS) is 12.2. The van der Waals surface area contributed by atoms with Gasteiger partial charge in [-0.1, -0.05) is 12.1 Å². The van der Waals surface area contributed by atoms with E-state index in [1.807, 2.05) is 0 Å². The number of nitrogens with two attached hydrogens (primary N) is 1. The summed E-state index contributed by atoms with van der Waals surface area (Å²) in [6.07, 6.45) is -0.0621. The highest BCUT2D eigenvalue weighted by Crippen LogP contribution is 2.23. The van der Waals surface area contributed by atoms with Crippen LogP contribution in [0.5, 0.6) is 0 Å². The van der Waals surface area contributed by atoms with Crippen LogP contribution in [0.1, 0.15) is 17.9 Å². The summed E-state index contributed by atoms with van der Waals surface area (Å²) in [5, 5.41) is 0. The van der Waals surface area contributed by atoms with E-state index in [1.54, 1.807) is 0 Å². The molecule has 3 nitrogen and oxygen atoms in total. The number of methoxy groups -OCH3 is 1.